The first-order valence-electron chi connectivity index (χ1n) is 5.77. The second-order valence-electron chi connectivity index (χ2n) is 3.74. The molecular formula is C12H18F2N2O2. The number of para-hydroxylation sites is 1. The van der Waals surface area contributed by atoms with Gasteiger partial charge in [-0.05, 0) is 19.0 Å². The van der Waals surface area contributed by atoms with E-state index in [0.717, 1.165) is 0 Å². The SMILES string of the molecule is NCC(NCCCO)c1ccccc1OC(F)F. The van der Waals surface area contributed by atoms with Crippen molar-refractivity contribution in [2.24, 2.45) is 5.73 Å². The van der Waals surface area contributed by atoms with Crippen molar-refractivity contribution in [3.63, 3.8) is 0 Å². The maximum Gasteiger partial charge on any atom is 0.387 e. The summed E-state index contributed by atoms with van der Waals surface area (Å²) in [5.41, 5.74) is 6.21. The number of ether oxygens (including phenoxy) is 1. The number of hydrogen-bond donors (Lipinski definition) is 3. The Labute approximate surface area is 105 Å². The number of rotatable bonds is 8. The normalized spacial score (nSPS) is 12.7. The summed E-state index contributed by atoms with van der Waals surface area (Å²) in [7, 11) is 0. The maximum absolute atomic E-state index is 12.3. The molecule has 0 radical (unpaired) electrons. The van der Waals surface area contributed by atoms with E-state index in [4.69, 9.17) is 10.8 Å². The fourth-order valence-electron chi connectivity index (χ4n) is 1.65. The third-order valence-corrected chi connectivity index (χ3v) is 2.47. The molecule has 1 unspecified atom stereocenters. The first kappa shape index (κ1) is 14.8. The lowest BCUT2D eigenvalue weighted by atomic mass is 10.1. The number of aliphatic hydroxyl groups is 1. The molecule has 0 aliphatic rings. The predicted octanol–water partition coefficient (Wildman–Crippen LogP) is 1.26. The van der Waals surface area contributed by atoms with Gasteiger partial charge in [0.1, 0.15) is 5.75 Å². The molecule has 0 heterocycles. The largest absolute Gasteiger partial charge is 0.434 e. The summed E-state index contributed by atoms with van der Waals surface area (Å²) in [6.45, 7) is -1.97. The van der Waals surface area contributed by atoms with Crippen LogP contribution in [0.5, 0.6) is 5.75 Å². The summed E-state index contributed by atoms with van der Waals surface area (Å²) in [5.74, 6) is 0.124. The molecule has 0 spiro atoms. The minimum atomic E-state index is -2.86. The Kier molecular flexibility index (Phi) is 6.56. The molecule has 1 aromatic rings. The molecule has 18 heavy (non-hydrogen) atoms. The Balaban J connectivity index is 2.77. The van der Waals surface area contributed by atoms with Crippen molar-refractivity contribution in [3.8, 4) is 5.75 Å². The number of alkyl halides is 2. The number of nitrogens with one attached hydrogen (secondary N) is 1. The number of aliphatic hydroxyl groups excluding tert-OH is 1. The smallest absolute Gasteiger partial charge is 0.387 e. The van der Waals surface area contributed by atoms with Gasteiger partial charge in [0, 0.05) is 24.8 Å². The van der Waals surface area contributed by atoms with Gasteiger partial charge in [0.2, 0.25) is 0 Å². The second-order valence-corrected chi connectivity index (χ2v) is 3.74. The molecule has 0 aliphatic heterocycles. The fraction of sp³-hybridized carbons (Fsp3) is 0.500. The van der Waals surface area contributed by atoms with Gasteiger partial charge in [0.15, 0.2) is 0 Å². The van der Waals surface area contributed by atoms with E-state index < -0.39 is 6.61 Å². The molecule has 1 rings (SSSR count). The molecular weight excluding hydrogens is 242 g/mol. The van der Waals surface area contributed by atoms with Crippen LogP contribution in [0.3, 0.4) is 0 Å². The van der Waals surface area contributed by atoms with Crippen molar-refractivity contribution >= 4 is 0 Å². The van der Waals surface area contributed by atoms with E-state index >= 15 is 0 Å². The Morgan fingerprint density at radius 3 is 2.67 bits per heavy atom. The van der Waals surface area contributed by atoms with Crippen molar-refractivity contribution in [1.82, 2.24) is 5.32 Å². The molecule has 6 heteroatoms. The van der Waals surface area contributed by atoms with Crippen molar-refractivity contribution in [2.45, 2.75) is 19.1 Å². The average molecular weight is 260 g/mol. The Hall–Kier alpha value is -1.24. The number of benzene rings is 1. The van der Waals surface area contributed by atoms with Gasteiger partial charge in [0.05, 0.1) is 0 Å². The quantitative estimate of drug-likeness (QED) is 0.616. The molecule has 0 saturated carbocycles. The third kappa shape index (κ3) is 4.56. The molecule has 1 atom stereocenters. The van der Waals surface area contributed by atoms with E-state index in [-0.39, 0.29) is 24.9 Å². The lowest BCUT2D eigenvalue weighted by Crippen LogP contribution is -2.30. The standard InChI is InChI=1S/C12H18F2N2O2/c13-12(14)18-11-5-2-1-4-9(11)10(8-15)16-6-3-7-17/h1-2,4-5,10,12,16-17H,3,6-8,15H2. The first-order valence-corrected chi connectivity index (χ1v) is 5.77. The molecule has 0 amide bonds. The van der Waals surface area contributed by atoms with E-state index in [1.165, 1.54) is 6.07 Å². The van der Waals surface area contributed by atoms with Crippen molar-refractivity contribution in [1.29, 1.82) is 0 Å². The van der Waals surface area contributed by atoms with Gasteiger partial charge in [-0.25, -0.2) is 0 Å². The Bertz CT molecular complexity index is 351. The van der Waals surface area contributed by atoms with E-state index in [1.807, 2.05) is 0 Å². The Morgan fingerprint density at radius 2 is 2.06 bits per heavy atom. The lowest BCUT2D eigenvalue weighted by molar-refractivity contribution is -0.0507. The fourth-order valence-corrected chi connectivity index (χ4v) is 1.65. The highest BCUT2D eigenvalue weighted by molar-refractivity contribution is 5.36. The van der Waals surface area contributed by atoms with Gasteiger partial charge in [-0.1, -0.05) is 18.2 Å². The van der Waals surface area contributed by atoms with E-state index in [1.54, 1.807) is 18.2 Å². The number of hydrogen-bond acceptors (Lipinski definition) is 4. The van der Waals surface area contributed by atoms with Gasteiger partial charge in [0.25, 0.3) is 0 Å². The highest BCUT2D eigenvalue weighted by Gasteiger charge is 2.16. The summed E-state index contributed by atoms with van der Waals surface area (Å²) in [6, 6.07) is 6.28. The summed E-state index contributed by atoms with van der Waals surface area (Å²) < 4.78 is 29.0. The minimum Gasteiger partial charge on any atom is -0.434 e. The molecule has 0 aromatic heterocycles. The van der Waals surface area contributed by atoms with Crippen LogP contribution in [0.4, 0.5) is 8.78 Å². The highest BCUT2D eigenvalue weighted by atomic mass is 19.3. The maximum atomic E-state index is 12.3. The summed E-state index contributed by atoms with van der Waals surface area (Å²) in [5, 5.41) is 11.8. The molecule has 102 valence electrons. The zero-order valence-electron chi connectivity index (χ0n) is 9.98. The molecule has 4 N–H and O–H groups in total. The summed E-state index contributed by atoms with van der Waals surface area (Å²) in [4.78, 5) is 0. The minimum absolute atomic E-state index is 0.0689. The van der Waals surface area contributed by atoms with Crippen LogP contribution in [0.1, 0.15) is 18.0 Å². The van der Waals surface area contributed by atoms with Gasteiger partial charge < -0.3 is 20.9 Å². The van der Waals surface area contributed by atoms with Crippen molar-refractivity contribution < 1.29 is 18.6 Å². The molecule has 0 fully saturated rings. The average Bonchev–Trinajstić information content (AvgIpc) is 2.35. The number of halogens is 2. The Morgan fingerprint density at radius 1 is 1.33 bits per heavy atom. The molecule has 1 aromatic carbocycles. The lowest BCUT2D eigenvalue weighted by Gasteiger charge is -2.20. The number of nitrogens with two attached hydrogens (primary N) is 1. The van der Waals surface area contributed by atoms with Crippen LogP contribution < -0.4 is 15.8 Å². The first-order chi connectivity index (χ1) is 8.69. The topological polar surface area (TPSA) is 67.5 Å². The predicted molar refractivity (Wildman–Crippen MR) is 64.6 cm³/mol. The van der Waals surface area contributed by atoms with Crippen molar-refractivity contribution in [2.75, 3.05) is 19.7 Å². The summed E-state index contributed by atoms with van der Waals surface area (Å²) in [6.07, 6.45) is 0.578. The van der Waals surface area contributed by atoms with Crippen LogP contribution in [0.15, 0.2) is 24.3 Å². The molecule has 0 aliphatic carbocycles. The van der Waals surface area contributed by atoms with Crippen LogP contribution in [-0.2, 0) is 0 Å². The second kappa shape index (κ2) is 7.97. The molecule has 0 bridgehead atoms. The summed E-state index contributed by atoms with van der Waals surface area (Å²) >= 11 is 0. The van der Waals surface area contributed by atoms with Gasteiger partial charge >= 0.3 is 6.61 Å². The van der Waals surface area contributed by atoms with Crippen LogP contribution in [-0.4, -0.2) is 31.4 Å². The highest BCUT2D eigenvalue weighted by Crippen LogP contribution is 2.25. The zero-order chi connectivity index (χ0) is 13.4. The van der Waals surface area contributed by atoms with Gasteiger partial charge in [-0.15, -0.1) is 0 Å². The third-order valence-electron chi connectivity index (χ3n) is 2.47. The van der Waals surface area contributed by atoms with Gasteiger partial charge in [-0.2, -0.15) is 8.78 Å². The van der Waals surface area contributed by atoms with Crippen molar-refractivity contribution in [3.05, 3.63) is 29.8 Å². The monoisotopic (exact) mass is 260 g/mol. The van der Waals surface area contributed by atoms with Crippen LogP contribution in [0.2, 0.25) is 0 Å². The molecule has 0 saturated heterocycles. The van der Waals surface area contributed by atoms with E-state index in [9.17, 15) is 8.78 Å². The zero-order valence-corrected chi connectivity index (χ0v) is 9.98. The van der Waals surface area contributed by atoms with E-state index in [2.05, 4.69) is 10.1 Å². The molecule has 4 nitrogen and oxygen atoms in total. The van der Waals surface area contributed by atoms with Gasteiger partial charge in [-0.3, -0.25) is 0 Å². The van der Waals surface area contributed by atoms with Crippen LogP contribution >= 0.6 is 0 Å². The van der Waals surface area contributed by atoms with Crippen LogP contribution in [0.25, 0.3) is 0 Å². The van der Waals surface area contributed by atoms with E-state index in [0.29, 0.717) is 18.5 Å². The van der Waals surface area contributed by atoms with Crippen LogP contribution in [0, 0.1) is 0 Å².